The predicted molar refractivity (Wildman–Crippen MR) is 93.2 cm³/mol. The number of nitrogens with one attached hydrogen (secondary N) is 2. The number of rotatable bonds is 5. The van der Waals surface area contributed by atoms with Gasteiger partial charge < -0.3 is 5.32 Å². The van der Waals surface area contributed by atoms with Gasteiger partial charge in [-0.3, -0.25) is 9.78 Å². The van der Waals surface area contributed by atoms with Crippen LogP contribution in [0.4, 0.5) is 5.69 Å². The number of sulfonamides is 1. The predicted octanol–water partition coefficient (Wildman–Crippen LogP) is 2.30. The fourth-order valence-corrected chi connectivity index (χ4v) is 2.97. The molecule has 0 saturated heterocycles. The van der Waals surface area contributed by atoms with Gasteiger partial charge in [0.25, 0.3) is 0 Å². The molecule has 0 unspecified atom stereocenters. The first-order valence-corrected chi connectivity index (χ1v) is 8.98. The van der Waals surface area contributed by atoms with Crippen LogP contribution < -0.4 is 10.0 Å². The van der Waals surface area contributed by atoms with Crippen molar-refractivity contribution >= 4 is 21.6 Å². The zero-order chi connectivity index (χ0) is 17.8. The zero-order valence-corrected chi connectivity index (χ0v) is 14.7. The molecule has 2 N–H and O–H groups in total. The Bertz CT molecular complexity index is 812. The first-order chi connectivity index (χ1) is 11.2. The van der Waals surface area contributed by atoms with Crippen molar-refractivity contribution in [1.29, 1.82) is 0 Å². The molecule has 1 amide bonds. The minimum Gasteiger partial charge on any atom is -0.325 e. The van der Waals surface area contributed by atoms with E-state index in [4.69, 9.17) is 0 Å². The van der Waals surface area contributed by atoms with Gasteiger partial charge in [0.2, 0.25) is 15.9 Å². The number of amides is 1. The van der Waals surface area contributed by atoms with Crippen molar-refractivity contribution in [2.24, 2.45) is 0 Å². The molecule has 24 heavy (non-hydrogen) atoms. The molecular weight excluding hydrogens is 326 g/mol. The minimum atomic E-state index is -3.70. The van der Waals surface area contributed by atoms with Gasteiger partial charge in [-0.15, -0.1) is 0 Å². The molecule has 0 radical (unpaired) electrons. The lowest BCUT2D eigenvalue weighted by molar-refractivity contribution is -0.115. The Labute approximate surface area is 142 Å². The lowest BCUT2D eigenvalue weighted by Gasteiger charge is -2.18. The molecular formula is C17H21N3O3S. The van der Waals surface area contributed by atoms with Gasteiger partial charge in [0.1, 0.15) is 0 Å². The Kier molecular flexibility index (Phi) is 5.36. The molecule has 0 spiro atoms. The highest BCUT2D eigenvalue weighted by Gasteiger charge is 2.17. The summed E-state index contributed by atoms with van der Waals surface area (Å²) in [4.78, 5) is 16.4. The number of nitrogens with zero attached hydrogens (tertiary/aromatic N) is 1. The number of hydrogen-bond donors (Lipinski definition) is 2. The average molecular weight is 347 g/mol. The highest BCUT2D eigenvalue weighted by Crippen LogP contribution is 2.22. The van der Waals surface area contributed by atoms with E-state index in [-0.39, 0.29) is 16.9 Å². The van der Waals surface area contributed by atoms with Crippen molar-refractivity contribution in [3.63, 3.8) is 0 Å². The van der Waals surface area contributed by atoms with Crippen LogP contribution in [-0.4, -0.2) is 25.9 Å². The van der Waals surface area contributed by atoms with Crippen molar-refractivity contribution in [3.05, 3.63) is 54.4 Å². The summed E-state index contributed by atoms with van der Waals surface area (Å²) < 4.78 is 26.4. The molecule has 2 aromatic rings. The minimum absolute atomic E-state index is 0.122. The summed E-state index contributed by atoms with van der Waals surface area (Å²) in [6.07, 6.45) is 1.62. The second-order valence-electron chi connectivity index (χ2n) is 6.37. The summed E-state index contributed by atoms with van der Waals surface area (Å²) in [7, 11) is -3.70. The van der Waals surface area contributed by atoms with E-state index in [9.17, 15) is 13.2 Å². The Morgan fingerprint density at radius 1 is 1.12 bits per heavy atom. The van der Waals surface area contributed by atoms with Gasteiger partial charge in [-0.2, -0.15) is 0 Å². The van der Waals surface area contributed by atoms with E-state index >= 15 is 0 Å². The molecule has 6 nitrogen and oxygen atoms in total. The van der Waals surface area contributed by atoms with Crippen LogP contribution in [0.2, 0.25) is 0 Å². The van der Waals surface area contributed by atoms with Crippen LogP contribution in [0.1, 0.15) is 26.5 Å². The normalized spacial score (nSPS) is 12.0. The quantitative estimate of drug-likeness (QED) is 0.869. The second kappa shape index (κ2) is 7.11. The number of carbonyl (C=O) groups excluding carboxylic acids is 1. The van der Waals surface area contributed by atoms with Crippen LogP contribution in [0.5, 0.6) is 0 Å². The van der Waals surface area contributed by atoms with Gasteiger partial charge in [0, 0.05) is 23.0 Å². The summed E-state index contributed by atoms with van der Waals surface area (Å²) in [5, 5.41) is 2.67. The molecule has 1 aromatic heterocycles. The summed E-state index contributed by atoms with van der Waals surface area (Å²) in [5.41, 5.74) is 1.28. The van der Waals surface area contributed by atoms with E-state index in [1.54, 1.807) is 36.5 Å². The Balaban J connectivity index is 1.99. The highest BCUT2D eigenvalue weighted by molar-refractivity contribution is 7.89. The fourth-order valence-electron chi connectivity index (χ4n) is 1.97. The topological polar surface area (TPSA) is 88.2 Å². The van der Waals surface area contributed by atoms with Crippen molar-refractivity contribution in [2.75, 3.05) is 11.9 Å². The Morgan fingerprint density at radius 2 is 1.79 bits per heavy atom. The molecule has 2 rings (SSSR count). The van der Waals surface area contributed by atoms with Crippen molar-refractivity contribution < 1.29 is 13.2 Å². The lowest BCUT2D eigenvalue weighted by atomic mass is 9.91. The van der Waals surface area contributed by atoms with Gasteiger partial charge in [-0.25, -0.2) is 13.1 Å². The SMILES string of the molecule is CC(C)(C)c1cc(NC(=O)CNS(=O)(=O)c2ccccc2)ccn1. The van der Waals surface area contributed by atoms with E-state index < -0.39 is 15.9 Å². The molecule has 0 aliphatic heterocycles. The number of hydrogen-bond acceptors (Lipinski definition) is 4. The maximum atomic E-state index is 12.1. The second-order valence-corrected chi connectivity index (χ2v) is 8.13. The molecule has 0 fully saturated rings. The summed E-state index contributed by atoms with van der Waals surface area (Å²) in [6.45, 7) is 5.73. The third-order valence-electron chi connectivity index (χ3n) is 3.29. The van der Waals surface area contributed by atoms with Crippen molar-refractivity contribution in [2.45, 2.75) is 31.1 Å². The highest BCUT2D eigenvalue weighted by atomic mass is 32.2. The maximum absolute atomic E-state index is 12.1. The number of benzene rings is 1. The maximum Gasteiger partial charge on any atom is 0.241 e. The van der Waals surface area contributed by atoms with Gasteiger partial charge in [0.05, 0.1) is 11.4 Å². The summed E-state index contributed by atoms with van der Waals surface area (Å²) >= 11 is 0. The first-order valence-electron chi connectivity index (χ1n) is 7.49. The molecule has 0 bridgehead atoms. The lowest BCUT2D eigenvalue weighted by Crippen LogP contribution is -2.33. The van der Waals surface area contributed by atoms with Crippen LogP contribution in [0.3, 0.4) is 0 Å². The molecule has 0 aliphatic rings. The molecule has 1 heterocycles. The number of aromatic nitrogens is 1. The number of pyridine rings is 1. The third kappa shape index (κ3) is 4.87. The van der Waals surface area contributed by atoms with Crippen LogP contribution in [0.15, 0.2) is 53.6 Å². The molecule has 1 aromatic carbocycles. The third-order valence-corrected chi connectivity index (χ3v) is 4.71. The smallest absolute Gasteiger partial charge is 0.241 e. The largest absolute Gasteiger partial charge is 0.325 e. The van der Waals surface area contributed by atoms with E-state index in [2.05, 4.69) is 15.0 Å². The monoisotopic (exact) mass is 347 g/mol. The van der Waals surface area contributed by atoms with E-state index in [1.165, 1.54) is 12.1 Å². The van der Waals surface area contributed by atoms with Crippen LogP contribution in [-0.2, 0) is 20.2 Å². The van der Waals surface area contributed by atoms with E-state index in [0.29, 0.717) is 5.69 Å². The fraction of sp³-hybridized carbons (Fsp3) is 0.294. The van der Waals surface area contributed by atoms with Crippen molar-refractivity contribution in [3.8, 4) is 0 Å². The van der Waals surface area contributed by atoms with Gasteiger partial charge >= 0.3 is 0 Å². The molecule has 0 saturated carbocycles. The first kappa shape index (κ1) is 18.1. The standard InChI is InChI=1S/C17H21N3O3S/c1-17(2,3)15-11-13(9-10-18-15)20-16(21)12-19-24(22,23)14-7-5-4-6-8-14/h4-11,19H,12H2,1-3H3,(H,18,20,21). The van der Waals surface area contributed by atoms with Gasteiger partial charge in [-0.05, 0) is 24.3 Å². The van der Waals surface area contributed by atoms with Crippen LogP contribution >= 0.6 is 0 Å². The summed E-state index contributed by atoms with van der Waals surface area (Å²) in [6, 6.07) is 11.4. The molecule has 0 aliphatic carbocycles. The summed E-state index contributed by atoms with van der Waals surface area (Å²) in [5.74, 6) is -0.444. The molecule has 0 atom stereocenters. The van der Waals surface area contributed by atoms with Crippen molar-refractivity contribution in [1.82, 2.24) is 9.71 Å². The van der Waals surface area contributed by atoms with E-state index in [1.807, 2.05) is 20.8 Å². The molecule has 128 valence electrons. The van der Waals surface area contributed by atoms with Crippen LogP contribution in [0.25, 0.3) is 0 Å². The average Bonchev–Trinajstić information content (AvgIpc) is 2.53. The van der Waals surface area contributed by atoms with E-state index in [0.717, 1.165) is 5.69 Å². The Morgan fingerprint density at radius 3 is 2.42 bits per heavy atom. The van der Waals surface area contributed by atoms with Crippen LogP contribution in [0, 0.1) is 0 Å². The Hall–Kier alpha value is -2.25. The van der Waals surface area contributed by atoms with Gasteiger partial charge in [-0.1, -0.05) is 39.0 Å². The molecule has 7 heteroatoms. The zero-order valence-electron chi connectivity index (χ0n) is 13.9. The van der Waals surface area contributed by atoms with Gasteiger partial charge in [0.15, 0.2) is 0 Å². The number of carbonyl (C=O) groups is 1. The number of anilines is 1.